The van der Waals surface area contributed by atoms with Crippen molar-refractivity contribution in [3.63, 3.8) is 0 Å². The van der Waals surface area contributed by atoms with Gasteiger partial charge in [0.1, 0.15) is 16.5 Å². The number of rotatable bonds is 3. The van der Waals surface area contributed by atoms with Crippen molar-refractivity contribution in [2.45, 2.75) is 39.2 Å². The number of fused-ring (bicyclic) bond motifs is 1. The van der Waals surface area contributed by atoms with Crippen LogP contribution in [0.1, 0.15) is 32.5 Å². The molecule has 5 heteroatoms. The molecule has 3 rings (SSSR count). The van der Waals surface area contributed by atoms with Crippen molar-refractivity contribution < 1.29 is 5.11 Å². The van der Waals surface area contributed by atoms with Gasteiger partial charge in [-0.3, -0.25) is 0 Å². The Balaban J connectivity index is 2.04. The highest BCUT2D eigenvalue weighted by Crippen LogP contribution is 2.33. The standard InChI is InChI=1S/C15H21N3OS/c1-3-13-16-14(12-6-7-20-15(12)17-13)18-8-11(9-19)5-4-10(18)2/h6-7,10-11,19H,3-5,8-9H2,1-2H3. The van der Waals surface area contributed by atoms with Crippen LogP contribution in [0.2, 0.25) is 0 Å². The summed E-state index contributed by atoms with van der Waals surface area (Å²) in [6.45, 7) is 5.50. The number of hydrogen-bond donors (Lipinski definition) is 1. The maximum atomic E-state index is 9.46. The first-order chi connectivity index (χ1) is 9.72. The van der Waals surface area contributed by atoms with Crippen LogP contribution in [0.4, 0.5) is 5.82 Å². The second-order valence-corrected chi connectivity index (χ2v) is 6.48. The third-order valence-electron chi connectivity index (χ3n) is 4.18. The molecule has 4 nitrogen and oxygen atoms in total. The fourth-order valence-electron chi connectivity index (χ4n) is 2.89. The van der Waals surface area contributed by atoms with Gasteiger partial charge in [0.2, 0.25) is 0 Å². The van der Waals surface area contributed by atoms with E-state index in [0.29, 0.717) is 12.0 Å². The predicted octanol–water partition coefficient (Wildman–Crippen LogP) is 2.85. The van der Waals surface area contributed by atoms with Gasteiger partial charge in [-0.25, -0.2) is 9.97 Å². The Bertz CT molecular complexity index is 598. The number of aliphatic hydroxyl groups is 1. The first kappa shape index (κ1) is 13.8. The quantitative estimate of drug-likeness (QED) is 0.944. The lowest BCUT2D eigenvalue weighted by molar-refractivity contribution is 0.199. The monoisotopic (exact) mass is 291 g/mol. The van der Waals surface area contributed by atoms with Crippen molar-refractivity contribution in [2.24, 2.45) is 5.92 Å². The molecule has 2 unspecified atom stereocenters. The van der Waals surface area contributed by atoms with Crippen LogP contribution in [0.3, 0.4) is 0 Å². The number of thiophene rings is 1. The zero-order valence-corrected chi connectivity index (χ0v) is 12.9. The Hall–Kier alpha value is -1.20. The average molecular weight is 291 g/mol. The Kier molecular flexibility index (Phi) is 3.89. The van der Waals surface area contributed by atoms with Gasteiger partial charge in [0, 0.05) is 25.6 Å². The predicted molar refractivity (Wildman–Crippen MR) is 83.4 cm³/mol. The van der Waals surface area contributed by atoms with E-state index in [1.165, 1.54) is 0 Å². The second kappa shape index (κ2) is 5.66. The van der Waals surface area contributed by atoms with E-state index in [9.17, 15) is 5.11 Å². The molecule has 1 saturated heterocycles. The van der Waals surface area contributed by atoms with Gasteiger partial charge in [0.05, 0.1) is 5.39 Å². The summed E-state index contributed by atoms with van der Waals surface area (Å²) in [7, 11) is 0. The van der Waals surface area contributed by atoms with Gasteiger partial charge in [0.25, 0.3) is 0 Å². The van der Waals surface area contributed by atoms with E-state index in [2.05, 4.69) is 35.2 Å². The summed E-state index contributed by atoms with van der Waals surface area (Å²) in [5, 5.41) is 12.7. The lowest BCUT2D eigenvalue weighted by atomic mass is 9.94. The van der Waals surface area contributed by atoms with Gasteiger partial charge in [-0.15, -0.1) is 11.3 Å². The molecule has 2 aromatic heterocycles. The zero-order chi connectivity index (χ0) is 14.1. The fourth-order valence-corrected chi connectivity index (χ4v) is 3.66. The van der Waals surface area contributed by atoms with Gasteiger partial charge >= 0.3 is 0 Å². The molecule has 0 amide bonds. The maximum Gasteiger partial charge on any atom is 0.141 e. The van der Waals surface area contributed by atoms with E-state index in [-0.39, 0.29) is 6.61 Å². The molecule has 20 heavy (non-hydrogen) atoms. The van der Waals surface area contributed by atoms with Crippen LogP contribution >= 0.6 is 11.3 Å². The van der Waals surface area contributed by atoms with Crippen LogP contribution < -0.4 is 4.90 Å². The minimum Gasteiger partial charge on any atom is -0.396 e. The number of anilines is 1. The van der Waals surface area contributed by atoms with Crippen molar-refractivity contribution in [2.75, 3.05) is 18.1 Å². The fraction of sp³-hybridized carbons (Fsp3) is 0.600. The number of piperidine rings is 1. The normalized spacial score (nSPS) is 23.4. The molecule has 1 N–H and O–H groups in total. The van der Waals surface area contributed by atoms with Crippen molar-refractivity contribution in [3.05, 3.63) is 17.3 Å². The lowest BCUT2D eigenvalue weighted by Crippen LogP contribution is -2.43. The largest absolute Gasteiger partial charge is 0.396 e. The van der Waals surface area contributed by atoms with E-state index in [1.807, 2.05) is 0 Å². The van der Waals surface area contributed by atoms with E-state index >= 15 is 0 Å². The molecule has 2 aromatic rings. The topological polar surface area (TPSA) is 49.2 Å². The van der Waals surface area contributed by atoms with Crippen molar-refractivity contribution >= 4 is 27.4 Å². The zero-order valence-electron chi connectivity index (χ0n) is 12.0. The summed E-state index contributed by atoms with van der Waals surface area (Å²) in [6.07, 6.45) is 3.07. The SMILES string of the molecule is CCc1nc(N2CC(CO)CCC2C)c2ccsc2n1. The Morgan fingerprint density at radius 2 is 2.25 bits per heavy atom. The number of hydrogen-bond acceptors (Lipinski definition) is 5. The number of aliphatic hydroxyl groups excluding tert-OH is 1. The van der Waals surface area contributed by atoms with Crippen LogP contribution in [-0.2, 0) is 6.42 Å². The molecular formula is C15H21N3OS. The lowest BCUT2D eigenvalue weighted by Gasteiger charge is -2.38. The van der Waals surface area contributed by atoms with Gasteiger partial charge in [-0.2, -0.15) is 0 Å². The van der Waals surface area contributed by atoms with Gasteiger partial charge in [-0.05, 0) is 37.1 Å². The van der Waals surface area contributed by atoms with Crippen LogP contribution in [0, 0.1) is 5.92 Å². The van der Waals surface area contributed by atoms with Gasteiger partial charge in [0.15, 0.2) is 0 Å². The average Bonchev–Trinajstić information content (AvgIpc) is 2.95. The van der Waals surface area contributed by atoms with E-state index in [1.54, 1.807) is 11.3 Å². The van der Waals surface area contributed by atoms with Crippen LogP contribution in [-0.4, -0.2) is 34.3 Å². The summed E-state index contributed by atoms with van der Waals surface area (Å²) in [4.78, 5) is 12.8. The van der Waals surface area contributed by atoms with Crippen molar-refractivity contribution in [3.8, 4) is 0 Å². The molecule has 0 radical (unpaired) electrons. The molecule has 0 saturated carbocycles. The maximum absolute atomic E-state index is 9.46. The second-order valence-electron chi connectivity index (χ2n) is 5.58. The molecule has 0 spiro atoms. The molecule has 108 valence electrons. The molecule has 1 aliphatic heterocycles. The van der Waals surface area contributed by atoms with E-state index < -0.39 is 0 Å². The smallest absolute Gasteiger partial charge is 0.141 e. The minimum absolute atomic E-state index is 0.266. The minimum atomic E-state index is 0.266. The Labute approximate surface area is 123 Å². The first-order valence-corrected chi connectivity index (χ1v) is 8.22. The summed E-state index contributed by atoms with van der Waals surface area (Å²) >= 11 is 1.68. The first-order valence-electron chi connectivity index (χ1n) is 7.34. The van der Waals surface area contributed by atoms with Crippen LogP contribution in [0.15, 0.2) is 11.4 Å². The Morgan fingerprint density at radius 3 is 3.00 bits per heavy atom. The summed E-state index contributed by atoms with van der Waals surface area (Å²) in [5.74, 6) is 2.33. The molecule has 1 aliphatic rings. The molecule has 3 heterocycles. The van der Waals surface area contributed by atoms with Gasteiger partial charge in [-0.1, -0.05) is 6.92 Å². The Morgan fingerprint density at radius 1 is 1.40 bits per heavy atom. The molecular weight excluding hydrogens is 270 g/mol. The number of aromatic nitrogens is 2. The van der Waals surface area contributed by atoms with Crippen molar-refractivity contribution in [1.29, 1.82) is 0 Å². The highest BCUT2D eigenvalue weighted by atomic mass is 32.1. The molecule has 0 aromatic carbocycles. The van der Waals surface area contributed by atoms with E-state index in [0.717, 1.165) is 47.7 Å². The summed E-state index contributed by atoms with van der Waals surface area (Å²) in [6, 6.07) is 2.59. The summed E-state index contributed by atoms with van der Waals surface area (Å²) in [5.41, 5.74) is 0. The van der Waals surface area contributed by atoms with Crippen LogP contribution in [0.25, 0.3) is 10.2 Å². The van der Waals surface area contributed by atoms with Crippen LogP contribution in [0.5, 0.6) is 0 Å². The van der Waals surface area contributed by atoms with Crippen molar-refractivity contribution in [1.82, 2.24) is 9.97 Å². The third-order valence-corrected chi connectivity index (χ3v) is 4.98. The molecule has 0 bridgehead atoms. The third kappa shape index (κ3) is 2.40. The van der Waals surface area contributed by atoms with Gasteiger partial charge < -0.3 is 10.0 Å². The highest BCUT2D eigenvalue weighted by molar-refractivity contribution is 7.16. The highest BCUT2D eigenvalue weighted by Gasteiger charge is 2.27. The molecule has 0 aliphatic carbocycles. The number of nitrogens with zero attached hydrogens (tertiary/aromatic N) is 3. The molecule has 1 fully saturated rings. The van der Waals surface area contributed by atoms with E-state index in [4.69, 9.17) is 4.98 Å². The summed E-state index contributed by atoms with van der Waals surface area (Å²) < 4.78 is 0. The number of aryl methyl sites for hydroxylation is 1. The molecule has 2 atom stereocenters.